The van der Waals surface area contributed by atoms with Crippen molar-refractivity contribution in [3.05, 3.63) is 34.8 Å². The van der Waals surface area contributed by atoms with Crippen LogP contribution in [0.25, 0.3) is 5.69 Å². The fourth-order valence-electron chi connectivity index (χ4n) is 2.07. The van der Waals surface area contributed by atoms with E-state index in [0.29, 0.717) is 10.3 Å². The summed E-state index contributed by atoms with van der Waals surface area (Å²) in [5.74, 6) is -0.164. The molecule has 130 valence electrons. The smallest absolute Gasteiger partial charge is 0.239 e. The van der Waals surface area contributed by atoms with E-state index in [-0.39, 0.29) is 11.2 Å². The van der Waals surface area contributed by atoms with E-state index >= 15 is 0 Å². The zero-order valence-electron chi connectivity index (χ0n) is 14.0. The van der Waals surface area contributed by atoms with Gasteiger partial charge in [0.05, 0.1) is 10.9 Å². The number of amides is 1. The summed E-state index contributed by atoms with van der Waals surface area (Å²) in [6.07, 6.45) is 0.795. The van der Waals surface area contributed by atoms with E-state index in [2.05, 4.69) is 31.0 Å². The van der Waals surface area contributed by atoms with Gasteiger partial charge in [-0.2, -0.15) is 4.68 Å². The number of tetrazole rings is 1. The number of aryl methyl sites for hydroxylation is 2. The van der Waals surface area contributed by atoms with Crippen LogP contribution in [0.5, 0.6) is 0 Å². The van der Waals surface area contributed by atoms with Crippen LogP contribution in [-0.2, 0) is 11.2 Å². The summed E-state index contributed by atoms with van der Waals surface area (Å²) in [6.45, 7) is 5.79. The number of hydrogen-bond donors (Lipinski definition) is 1. The molecule has 2 heterocycles. The number of benzene rings is 1. The number of carbonyl (C=O) groups excluding carboxylic acids is 1. The molecule has 1 N–H and O–H groups in total. The lowest BCUT2D eigenvalue weighted by Gasteiger charge is -2.11. The number of rotatable bonds is 6. The Morgan fingerprint density at radius 2 is 2.12 bits per heavy atom. The van der Waals surface area contributed by atoms with Crippen molar-refractivity contribution < 1.29 is 4.79 Å². The van der Waals surface area contributed by atoms with Crippen LogP contribution in [0.2, 0.25) is 0 Å². The van der Waals surface area contributed by atoms with Crippen LogP contribution in [0.4, 0.5) is 5.13 Å². The van der Waals surface area contributed by atoms with E-state index in [1.165, 1.54) is 23.1 Å². The summed E-state index contributed by atoms with van der Waals surface area (Å²) < 4.78 is 1.64. The van der Waals surface area contributed by atoms with Gasteiger partial charge in [0.25, 0.3) is 0 Å². The van der Waals surface area contributed by atoms with Crippen LogP contribution in [0.15, 0.2) is 29.4 Å². The van der Waals surface area contributed by atoms with Crippen molar-refractivity contribution in [2.24, 2.45) is 0 Å². The molecule has 0 radical (unpaired) electrons. The highest BCUT2D eigenvalue weighted by Gasteiger charge is 2.21. The van der Waals surface area contributed by atoms with Gasteiger partial charge in [0, 0.05) is 0 Å². The molecule has 3 aromatic rings. The molecular formula is C15H17N7OS2. The van der Waals surface area contributed by atoms with E-state index in [0.717, 1.165) is 22.7 Å². The van der Waals surface area contributed by atoms with Gasteiger partial charge in [0.15, 0.2) is 0 Å². The number of aromatic nitrogens is 6. The predicted molar refractivity (Wildman–Crippen MR) is 97.1 cm³/mol. The molecule has 0 fully saturated rings. The molecule has 8 nitrogen and oxygen atoms in total. The Bertz CT molecular complexity index is 876. The molecule has 0 aliphatic carbocycles. The Labute approximate surface area is 153 Å². The van der Waals surface area contributed by atoms with E-state index < -0.39 is 0 Å². The largest absolute Gasteiger partial charge is 0.300 e. The third-order valence-corrected chi connectivity index (χ3v) is 5.45. The fraction of sp³-hybridized carbons (Fsp3) is 0.333. The average Bonchev–Trinajstić information content (AvgIpc) is 3.24. The third kappa shape index (κ3) is 4.02. The van der Waals surface area contributed by atoms with Crippen molar-refractivity contribution in [1.82, 2.24) is 30.4 Å². The zero-order chi connectivity index (χ0) is 17.8. The van der Waals surface area contributed by atoms with Crippen LogP contribution in [0.3, 0.4) is 0 Å². The summed E-state index contributed by atoms with van der Waals surface area (Å²) in [5, 5.41) is 24.1. The maximum atomic E-state index is 12.4. The van der Waals surface area contributed by atoms with Crippen molar-refractivity contribution in [1.29, 1.82) is 0 Å². The van der Waals surface area contributed by atoms with Crippen LogP contribution < -0.4 is 5.32 Å². The van der Waals surface area contributed by atoms with Crippen molar-refractivity contribution in [3.8, 4) is 5.69 Å². The summed E-state index contributed by atoms with van der Waals surface area (Å²) in [4.78, 5) is 12.4. The van der Waals surface area contributed by atoms with Crippen LogP contribution in [-0.4, -0.2) is 41.6 Å². The molecular weight excluding hydrogens is 358 g/mol. The molecule has 1 unspecified atom stereocenters. The third-order valence-electron chi connectivity index (χ3n) is 3.44. The molecule has 25 heavy (non-hydrogen) atoms. The topological polar surface area (TPSA) is 98.5 Å². The Morgan fingerprint density at radius 3 is 2.84 bits per heavy atom. The van der Waals surface area contributed by atoms with E-state index in [4.69, 9.17) is 0 Å². The first-order valence-corrected chi connectivity index (χ1v) is 9.42. The molecule has 1 atom stereocenters. The first-order chi connectivity index (χ1) is 12.1. The van der Waals surface area contributed by atoms with Crippen LogP contribution in [0.1, 0.15) is 24.4 Å². The number of nitrogens with zero attached hydrogens (tertiary/aromatic N) is 6. The van der Waals surface area contributed by atoms with Crippen molar-refractivity contribution in [2.45, 2.75) is 37.6 Å². The molecule has 0 spiro atoms. The standard InChI is InChI=1S/C15H17N7OS2/c1-4-12-17-18-14(25-12)16-13(23)10(3)24-15-19-20-21-22(15)11-8-6-5-7-9(11)2/h5-8,10H,4H2,1-3H3,(H,16,18,23). The fourth-order valence-corrected chi connectivity index (χ4v) is 3.55. The van der Waals surface area contributed by atoms with Crippen molar-refractivity contribution in [3.63, 3.8) is 0 Å². The molecule has 0 aliphatic heterocycles. The van der Waals surface area contributed by atoms with Crippen LogP contribution in [0, 0.1) is 6.92 Å². The lowest BCUT2D eigenvalue weighted by atomic mass is 10.2. The number of hydrogen-bond acceptors (Lipinski definition) is 8. The van der Waals surface area contributed by atoms with Crippen LogP contribution >= 0.6 is 23.1 Å². The van der Waals surface area contributed by atoms with Crippen molar-refractivity contribution in [2.75, 3.05) is 5.32 Å². The number of nitrogens with one attached hydrogen (secondary N) is 1. The summed E-state index contributed by atoms with van der Waals surface area (Å²) in [7, 11) is 0. The molecule has 10 heteroatoms. The minimum atomic E-state index is -0.386. The predicted octanol–water partition coefficient (Wildman–Crippen LogP) is 2.50. The van der Waals surface area contributed by atoms with Gasteiger partial charge in [-0.15, -0.1) is 15.3 Å². The highest BCUT2D eigenvalue weighted by molar-refractivity contribution is 8.00. The molecule has 0 saturated heterocycles. The number of thioether (sulfide) groups is 1. The van der Waals surface area contributed by atoms with Gasteiger partial charge >= 0.3 is 0 Å². The van der Waals surface area contributed by atoms with Gasteiger partial charge in [-0.3, -0.25) is 10.1 Å². The highest BCUT2D eigenvalue weighted by Crippen LogP contribution is 2.25. The van der Waals surface area contributed by atoms with E-state index in [9.17, 15) is 4.79 Å². The summed E-state index contributed by atoms with van der Waals surface area (Å²) in [5.41, 5.74) is 1.94. The number of anilines is 1. The van der Waals surface area contributed by atoms with Gasteiger partial charge in [-0.05, 0) is 42.3 Å². The molecule has 3 rings (SSSR count). The first kappa shape index (κ1) is 17.5. The second-order valence-electron chi connectivity index (χ2n) is 5.26. The Balaban J connectivity index is 1.71. The average molecular weight is 375 g/mol. The molecule has 0 aliphatic rings. The highest BCUT2D eigenvalue weighted by atomic mass is 32.2. The first-order valence-electron chi connectivity index (χ1n) is 7.72. The number of para-hydroxylation sites is 1. The monoisotopic (exact) mass is 375 g/mol. The Morgan fingerprint density at radius 1 is 1.32 bits per heavy atom. The van der Waals surface area contributed by atoms with Crippen molar-refractivity contribution >= 4 is 34.1 Å². The van der Waals surface area contributed by atoms with Gasteiger partial charge < -0.3 is 0 Å². The minimum absolute atomic E-state index is 0.164. The van der Waals surface area contributed by atoms with Gasteiger partial charge in [0.2, 0.25) is 16.2 Å². The molecule has 1 aromatic carbocycles. The Hall–Kier alpha value is -2.33. The SMILES string of the molecule is CCc1nnc(NC(=O)C(C)Sc2nnnn2-c2ccccc2C)s1. The molecule has 0 bridgehead atoms. The Kier molecular flexibility index (Phi) is 5.39. The molecule has 0 saturated carbocycles. The summed E-state index contributed by atoms with van der Waals surface area (Å²) in [6, 6.07) is 7.81. The summed E-state index contributed by atoms with van der Waals surface area (Å²) >= 11 is 2.67. The second-order valence-corrected chi connectivity index (χ2v) is 7.63. The lowest BCUT2D eigenvalue weighted by Crippen LogP contribution is -2.22. The number of carbonyl (C=O) groups is 1. The zero-order valence-corrected chi connectivity index (χ0v) is 15.6. The van der Waals surface area contributed by atoms with E-state index in [1.54, 1.807) is 11.6 Å². The second kappa shape index (κ2) is 7.70. The maximum absolute atomic E-state index is 12.4. The molecule has 1 amide bonds. The van der Waals surface area contributed by atoms with Gasteiger partial charge in [-0.1, -0.05) is 48.2 Å². The molecule has 2 aromatic heterocycles. The minimum Gasteiger partial charge on any atom is -0.300 e. The quantitative estimate of drug-likeness (QED) is 0.661. The van der Waals surface area contributed by atoms with Gasteiger partial charge in [-0.25, -0.2) is 0 Å². The normalized spacial score (nSPS) is 12.1. The maximum Gasteiger partial charge on any atom is 0.239 e. The lowest BCUT2D eigenvalue weighted by molar-refractivity contribution is -0.115. The van der Waals surface area contributed by atoms with Gasteiger partial charge in [0.1, 0.15) is 5.01 Å². The van der Waals surface area contributed by atoms with E-state index in [1.807, 2.05) is 38.1 Å².